The van der Waals surface area contributed by atoms with Crippen molar-refractivity contribution in [1.29, 1.82) is 0 Å². The van der Waals surface area contributed by atoms with Crippen LogP contribution in [-0.4, -0.2) is 10.7 Å². The van der Waals surface area contributed by atoms with Gasteiger partial charge in [0.15, 0.2) is 0 Å². The third kappa shape index (κ3) is 3.99. The van der Waals surface area contributed by atoms with Crippen LogP contribution in [0.1, 0.15) is 34.1 Å². The maximum Gasteiger partial charge on any atom is 0.0837 e. The zero-order valence-electron chi connectivity index (χ0n) is 7.89. The average molecular weight is 154 g/mol. The molecule has 0 aliphatic rings. The summed E-state index contributed by atoms with van der Waals surface area (Å²) in [7, 11) is 0. The van der Waals surface area contributed by atoms with Crippen LogP contribution in [0.4, 0.5) is 0 Å². The first-order chi connectivity index (χ1) is 5.02. The van der Waals surface area contributed by atoms with Crippen molar-refractivity contribution < 1.29 is 5.11 Å². The highest BCUT2D eigenvalue weighted by atomic mass is 16.3. The van der Waals surface area contributed by atoms with Gasteiger partial charge in [0, 0.05) is 0 Å². The molecule has 0 aliphatic heterocycles. The Hall–Kier alpha value is -0.560. The van der Waals surface area contributed by atoms with Crippen molar-refractivity contribution in [3.05, 3.63) is 23.8 Å². The van der Waals surface area contributed by atoms with Crippen molar-refractivity contribution in [1.82, 2.24) is 0 Å². The number of rotatable bonds is 3. The monoisotopic (exact) mass is 154 g/mol. The molecule has 1 heteroatoms. The van der Waals surface area contributed by atoms with E-state index < -0.39 is 5.60 Å². The minimum atomic E-state index is -0.708. The van der Waals surface area contributed by atoms with Crippen LogP contribution in [0.25, 0.3) is 0 Å². The molecule has 0 aromatic rings. The van der Waals surface area contributed by atoms with Crippen LogP contribution in [0.15, 0.2) is 23.8 Å². The highest BCUT2D eigenvalue weighted by Gasteiger charge is 2.14. The van der Waals surface area contributed by atoms with Crippen LogP contribution in [0.2, 0.25) is 0 Å². The SMILES string of the molecule is C/C=C(\C=C/CC)C(C)(C)O. The third-order valence-corrected chi connectivity index (χ3v) is 1.55. The molecule has 0 bridgehead atoms. The fourth-order valence-corrected chi connectivity index (χ4v) is 0.898. The molecule has 0 aromatic carbocycles. The Morgan fingerprint density at radius 3 is 2.27 bits per heavy atom. The first kappa shape index (κ1) is 10.4. The molecule has 0 saturated heterocycles. The normalized spacial score (nSPS) is 14.5. The molecule has 0 radical (unpaired) electrons. The number of allylic oxidation sites excluding steroid dienone is 2. The van der Waals surface area contributed by atoms with Gasteiger partial charge in [-0.05, 0) is 32.8 Å². The molecule has 64 valence electrons. The van der Waals surface area contributed by atoms with Gasteiger partial charge in [0.2, 0.25) is 0 Å². The first-order valence-electron chi connectivity index (χ1n) is 4.08. The third-order valence-electron chi connectivity index (χ3n) is 1.55. The Bertz CT molecular complexity index is 158. The second-order valence-corrected chi connectivity index (χ2v) is 3.11. The van der Waals surface area contributed by atoms with Gasteiger partial charge in [0.05, 0.1) is 5.60 Å². The lowest BCUT2D eigenvalue weighted by atomic mass is 9.97. The van der Waals surface area contributed by atoms with Crippen LogP contribution in [0, 0.1) is 0 Å². The molecule has 0 unspecified atom stereocenters. The number of hydrogen-bond acceptors (Lipinski definition) is 1. The Labute approximate surface area is 69.4 Å². The second-order valence-electron chi connectivity index (χ2n) is 3.11. The van der Waals surface area contributed by atoms with E-state index in [2.05, 4.69) is 6.92 Å². The van der Waals surface area contributed by atoms with Crippen LogP contribution < -0.4 is 0 Å². The lowest BCUT2D eigenvalue weighted by Gasteiger charge is -2.18. The Morgan fingerprint density at radius 1 is 1.45 bits per heavy atom. The van der Waals surface area contributed by atoms with Crippen LogP contribution in [-0.2, 0) is 0 Å². The van der Waals surface area contributed by atoms with E-state index in [0.29, 0.717) is 0 Å². The quantitative estimate of drug-likeness (QED) is 0.620. The standard InChI is InChI=1S/C10H18O/c1-5-7-8-9(6-2)10(3,4)11/h6-8,11H,5H2,1-4H3/b8-7-,9-6+. The lowest BCUT2D eigenvalue weighted by Crippen LogP contribution is -2.20. The second kappa shape index (κ2) is 4.35. The molecule has 1 nitrogen and oxygen atoms in total. The highest BCUT2D eigenvalue weighted by Crippen LogP contribution is 2.16. The first-order valence-corrected chi connectivity index (χ1v) is 4.08. The summed E-state index contributed by atoms with van der Waals surface area (Å²) in [6, 6.07) is 0. The van der Waals surface area contributed by atoms with Crippen molar-refractivity contribution in [3.63, 3.8) is 0 Å². The molecule has 0 aromatic heterocycles. The molecule has 0 rings (SSSR count). The summed E-state index contributed by atoms with van der Waals surface area (Å²) in [4.78, 5) is 0. The van der Waals surface area contributed by atoms with E-state index in [9.17, 15) is 5.11 Å². The summed E-state index contributed by atoms with van der Waals surface area (Å²) in [5.41, 5.74) is 0.264. The molecule has 0 heterocycles. The van der Waals surface area contributed by atoms with Crippen molar-refractivity contribution >= 4 is 0 Å². The van der Waals surface area contributed by atoms with E-state index in [-0.39, 0.29) is 0 Å². The fraction of sp³-hybridized carbons (Fsp3) is 0.600. The predicted molar refractivity (Wildman–Crippen MR) is 49.5 cm³/mol. The lowest BCUT2D eigenvalue weighted by molar-refractivity contribution is 0.123. The predicted octanol–water partition coefficient (Wildman–Crippen LogP) is 2.67. The molecule has 0 atom stereocenters. The molecule has 0 saturated carbocycles. The van der Waals surface area contributed by atoms with E-state index >= 15 is 0 Å². The zero-order chi connectivity index (χ0) is 8.91. The summed E-state index contributed by atoms with van der Waals surface area (Å²) in [6.07, 6.45) is 6.97. The largest absolute Gasteiger partial charge is 0.386 e. The van der Waals surface area contributed by atoms with E-state index in [4.69, 9.17) is 0 Å². The van der Waals surface area contributed by atoms with Crippen molar-refractivity contribution in [2.24, 2.45) is 0 Å². The van der Waals surface area contributed by atoms with E-state index in [1.165, 1.54) is 0 Å². The minimum absolute atomic E-state index is 0.708. The molecule has 1 N–H and O–H groups in total. The van der Waals surface area contributed by atoms with Gasteiger partial charge in [0.1, 0.15) is 0 Å². The van der Waals surface area contributed by atoms with E-state index in [1.807, 2.05) is 25.2 Å². The number of hydrogen-bond donors (Lipinski definition) is 1. The summed E-state index contributed by atoms with van der Waals surface area (Å²) in [5.74, 6) is 0. The van der Waals surface area contributed by atoms with Crippen LogP contribution in [0.5, 0.6) is 0 Å². The molecule has 0 aliphatic carbocycles. The van der Waals surface area contributed by atoms with Crippen LogP contribution in [0.3, 0.4) is 0 Å². The van der Waals surface area contributed by atoms with Crippen molar-refractivity contribution in [3.8, 4) is 0 Å². The molecular weight excluding hydrogens is 136 g/mol. The van der Waals surface area contributed by atoms with Gasteiger partial charge in [-0.1, -0.05) is 25.2 Å². The maximum atomic E-state index is 9.58. The van der Waals surface area contributed by atoms with Gasteiger partial charge in [-0.15, -0.1) is 0 Å². The summed E-state index contributed by atoms with van der Waals surface area (Å²) in [6.45, 7) is 7.60. The molecule has 0 amide bonds. The van der Waals surface area contributed by atoms with Crippen molar-refractivity contribution in [2.75, 3.05) is 0 Å². The van der Waals surface area contributed by atoms with Gasteiger partial charge < -0.3 is 5.11 Å². The van der Waals surface area contributed by atoms with E-state index in [1.54, 1.807) is 13.8 Å². The van der Waals surface area contributed by atoms with Gasteiger partial charge >= 0.3 is 0 Å². The minimum Gasteiger partial charge on any atom is -0.386 e. The summed E-state index contributed by atoms with van der Waals surface area (Å²) >= 11 is 0. The van der Waals surface area contributed by atoms with Gasteiger partial charge in [-0.2, -0.15) is 0 Å². The molecule has 0 fully saturated rings. The average Bonchev–Trinajstić information content (AvgIpc) is 1.87. The van der Waals surface area contributed by atoms with Crippen molar-refractivity contribution in [2.45, 2.75) is 39.7 Å². The number of aliphatic hydroxyl groups is 1. The Balaban J connectivity index is 4.33. The Morgan fingerprint density at radius 2 is 2.00 bits per heavy atom. The summed E-state index contributed by atoms with van der Waals surface area (Å²) in [5, 5.41) is 9.58. The topological polar surface area (TPSA) is 20.2 Å². The van der Waals surface area contributed by atoms with Gasteiger partial charge in [0.25, 0.3) is 0 Å². The maximum absolute atomic E-state index is 9.58. The van der Waals surface area contributed by atoms with Gasteiger partial charge in [-0.3, -0.25) is 0 Å². The molecular formula is C10H18O. The fourth-order valence-electron chi connectivity index (χ4n) is 0.898. The van der Waals surface area contributed by atoms with E-state index in [0.717, 1.165) is 12.0 Å². The highest BCUT2D eigenvalue weighted by molar-refractivity contribution is 5.26. The molecule has 0 spiro atoms. The van der Waals surface area contributed by atoms with Crippen LogP contribution >= 0.6 is 0 Å². The van der Waals surface area contributed by atoms with Gasteiger partial charge in [-0.25, -0.2) is 0 Å². The zero-order valence-corrected chi connectivity index (χ0v) is 7.89. The smallest absolute Gasteiger partial charge is 0.0837 e. The molecule has 11 heavy (non-hydrogen) atoms. The summed E-state index contributed by atoms with van der Waals surface area (Å²) < 4.78 is 0. The Kier molecular flexibility index (Phi) is 4.12.